The van der Waals surface area contributed by atoms with Gasteiger partial charge in [0.05, 0.1) is 23.1 Å². The second-order valence-electron chi connectivity index (χ2n) is 6.70. The Kier molecular flexibility index (Phi) is 5.08. The third kappa shape index (κ3) is 3.87. The summed E-state index contributed by atoms with van der Waals surface area (Å²) in [5, 5.41) is 13.5. The van der Waals surface area contributed by atoms with E-state index < -0.39 is 0 Å². The molecule has 0 fully saturated rings. The summed E-state index contributed by atoms with van der Waals surface area (Å²) in [6, 6.07) is 15.3. The molecule has 8 nitrogen and oxygen atoms in total. The number of benzene rings is 2. The number of nitrogens with one attached hydrogen (secondary N) is 1. The molecule has 5 aromatic rings. The topological polar surface area (TPSA) is 95.1 Å². The number of carbonyl (C=O) groups excluding carboxylic acids is 1. The van der Waals surface area contributed by atoms with E-state index in [2.05, 4.69) is 20.5 Å². The predicted octanol–water partition coefficient (Wildman–Crippen LogP) is 4.58. The van der Waals surface area contributed by atoms with Crippen molar-refractivity contribution in [3.8, 4) is 17.3 Å². The van der Waals surface area contributed by atoms with Crippen molar-refractivity contribution in [1.29, 1.82) is 0 Å². The molecule has 0 spiro atoms. The fourth-order valence-corrected chi connectivity index (χ4v) is 4.74. The van der Waals surface area contributed by atoms with Gasteiger partial charge in [0.2, 0.25) is 5.91 Å². The minimum absolute atomic E-state index is 0.163. The molecule has 0 aliphatic carbocycles. The normalized spacial score (nSPS) is 11.3. The molecule has 0 radical (unpaired) electrons. The maximum absolute atomic E-state index is 12.4. The molecule has 0 atom stereocenters. The van der Waals surface area contributed by atoms with Crippen LogP contribution in [0.5, 0.6) is 5.75 Å². The molecule has 0 aliphatic heterocycles. The van der Waals surface area contributed by atoms with Crippen molar-refractivity contribution in [3.63, 3.8) is 0 Å². The van der Waals surface area contributed by atoms with E-state index in [0.717, 1.165) is 26.9 Å². The smallest absolute Gasteiger partial charge is 0.236 e. The molecule has 0 saturated heterocycles. The molecule has 1 amide bonds. The lowest BCUT2D eigenvalue weighted by atomic mass is 10.2. The number of hydrogen-bond donors (Lipinski definition) is 1. The van der Waals surface area contributed by atoms with Crippen molar-refractivity contribution in [2.24, 2.45) is 7.05 Å². The summed E-state index contributed by atoms with van der Waals surface area (Å²) in [5.41, 5.74) is 1.61. The summed E-state index contributed by atoms with van der Waals surface area (Å²) in [6.45, 7) is 0. The Hall–Kier alpha value is -3.37. The highest BCUT2D eigenvalue weighted by molar-refractivity contribution is 7.99. The molecule has 0 bridgehead atoms. The fourth-order valence-electron chi connectivity index (χ4n) is 3.12. The highest BCUT2D eigenvalue weighted by atomic mass is 32.2. The van der Waals surface area contributed by atoms with Crippen molar-refractivity contribution < 1.29 is 13.9 Å². The number of aromatic nitrogens is 4. The van der Waals surface area contributed by atoms with Crippen LogP contribution in [0.25, 0.3) is 32.8 Å². The van der Waals surface area contributed by atoms with E-state index >= 15 is 0 Å². The van der Waals surface area contributed by atoms with Crippen LogP contribution in [0.3, 0.4) is 0 Å². The van der Waals surface area contributed by atoms with E-state index in [9.17, 15) is 4.79 Å². The molecular weight excluding hydrogens is 434 g/mol. The van der Waals surface area contributed by atoms with Gasteiger partial charge in [-0.1, -0.05) is 41.3 Å². The van der Waals surface area contributed by atoms with Crippen LogP contribution in [0.1, 0.15) is 0 Å². The zero-order valence-corrected chi connectivity index (χ0v) is 18.3. The first-order valence-electron chi connectivity index (χ1n) is 9.36. The van der Waals surface area contributed by atoms with Crippen LogP contribution >= 0.6 is 23.1 Å². The summed E-state index contributed by atoms with van der Waals surface area (Å²) >= 11 is 2.71. The fraction of sp³-hybridized carbons (Fsp3) is 0.143. The number of thiazole rings is 1. The zero-order chi connectivity index (χ0) is 21.4. The Morgan fingerprint density at radius 3 is 2.94 bits per heavy atom. The molecule has 10 heteroatoms. The first kappa shape index (κ1) is 19.6. The van der Waals surface area contributed by atoms with Gasteiger partial charge in [-0.25, -0.2) is 4.98 Å². The summed E-state index contributed by atoms with van der Waals surface area (Å²) in [4.78, 5) is 16.9. The molecule has 5 rings (SSSR count). The molecule has 3 heterocycles. The lowest BCUT2D eigenvalue weighted by molar-refractivity contribution is -0.113. The van der Waals surface area contributed by atoms with E-state index in [1.807, 2.05) is 60.1 Å². The summed E-state index contributed by atoms with van der Waals surface area (Å²) in [6.07, 6.45) is 0. The molecule has 0 unspecified atom stereocenters. The van der Waals surface area contributed by atoms with Crippen LogP contribution in [0.15, 0.2) is 58.1 Å². The minimum atomic E-state index is -0.163. The lowest BCUT2D eigenvalue weighted by Crippen LogP contribution is -2.14. The quantitative estimate of drug-likeness (QED) is 0.378. The summed E-state index contributed by atoms with van der Waals surface area (Å²) in [5.74, 6) is 2.03. The number of furan rings is 1. The van der Waals surface area contributed by atoms with Crippen molar-refractivity contribution in [2.45, 2.75) is 5.16 Å². The highest BCUT2D eigenvalue weighted by Gasteiger charge is 2.17. The monoisotopic (exact) mass is 451 g/mol. The Balaban J connectivity index is 1.26. The molecule has 0 aliphatic rings. The Bertz CT molecular complexity index is 1370. The van der Waals surface area contributed by atoms with Crippen LogP contribution < -0.4 is 10.1 Å². The average Bonchev–Trinajstić information content (AvgIpc) is 3.47. The number of carbonyl (C=O) groups is 1. The van der Waals surface area contributed by atoms with E-state index in [0.29, 0.717) is 21.9 Å². The van der Waals surface area contributed by atoms with Crippen LogP contribution in [0.4, 0.5) is 5.13 Å². The van der Waals surface area contributed by atoms with Gasteiger partial charge >= 0.3 is 0 Å². The number of fused-ring (bicyclic) bond motifs is 2. The third-order valence-corrected chi connectivity index (χ3v) is 6.61. The summed E-state index contributed by atoms with van der Waals surface area (Å²) in [7, 11) is 3.47. The molecule has 2 aromatic carbocycles. The molecule has 1 N–H and O–H groups in total. The van der Waals surface area contributed by atoms with Gasteiger partial charge in [-0.2, -0.15) is 0 Å². The van der Waals surface area contributed by atoms with Gasteiger partial charge in [0.15, 0.2) is 21.9 Å². The van der Waals surface area contributed by atoms with E-state index in [-0.39, 0.29) is 11.7 Å². The van der Waals surface area contributed by atoms with Gasteiger partial charge in [0, 0.05) is 12.4 Å². The number of anilines is 1. The first-order valence-corrected chi connectivity index (χ1v) is 11.2. The standard InChI is InChI=1S/C21H17N5O3S2/c1-26-19(16-9-12-5-3-4-6-15(12)29-16)24-25-21(26)30-11-18(27)23-20-22-14-8-7-13(28-2)10-17(14)31-20/h3-10H,11H2,1-2H3,(H,22,23,27). The predicted molar refractivity (Wildman–Crippen MR) is 122 cm³/mol. The van der Waals surface area contributed by atoms with Gasteiger partial charge in [-0.05, 0) is 30.3 Å². The Labute approximate surface area is 185 Å². The van der Waals surface area contributed by atoms with Crippen molar-refractivity contribution in [2.75, 3.05) is 18.2 Å². The largest absolute Gasteiger partial charge is 0.497 e. The van der Waals surface area contributed by atoms with E-state index in [4.69, 9.17) is 9.15 Å². The number of hydrogen-bond acceptors (Lipinski definition) is 8. The van der Waals surface area contributed by atoms with Gasteiger partial charge < -0.3 is 19.0 Å². The van der Waals surface area contributed by atoms with Gasteiger partial charge in [-0.15, -0.1) is 10.2 Å². The van der Waals surface area contributed by atoms with Gasteiger partial charge in [0.1, 0.15) is 11.3 Å². The maximum atomic E-state index is 12.4. The SMILES string of the molecule is COc1ccc2nc(NC(=O)CSc3nnc(-c4cc5ccccc5o4)n3C)sc2c1. The van der Waals surface area contributed by atoms with Crippen LogP contribution in [0.2, 0.25) is 0 Å². The van der Waals surface area contributed by atoms with Crippen molar-refractivity contribution >= 4 is 55.3 Å². The van der Waals surface area contributed by atoms with Crippen LogP contribution in [0, 0.1) is 0 Å². The highest BCUT2D eigenvalue weighted by Crippen LogP contribution is 2.30. The number of thioether (sulfide) groups is 1. The third-order valence-electron chi connectivity index (χ3n) is 4.66. The van der Waals surface area contributed by atoms with Crippen molar-refractivity contribution in [3.05, 3.63) is 48.5 Å². The van der Waals surface area contributed by atoms with E-state index in [1.165, 1.54) is 23.1 Å². The van der Waals surface area contributed by atoms with Gasteiger partial charge in [0.25, 0.3) is 0 Å². The van der Waals surface area contributed by atoms with E-state index in [1.54, 1.807) is 7.11 Å². The number of methoxy groups -OCH3 is 1. The average molecular weight is 452 g/mol. The first-order chi connectivity index (χ1) is 15.1. The van der Waals surface area contributed by atoms with Gasteiger partial charge in [-0.3, -0.25) is 4.79 Å². The molecule has 156 valence electrons. The molecule has 3 aromatic heterocycles. The Morgan fingerprint density at radius 1 is 1.23 bits per heavy atom. The number of ether oxygens (including phenoxy) is 1. The minimum Gasteiger partial charge on any atom is -0.497 e. The molecular formula is C21H17N5O3S2. The number of nitrogens with zero attached hydrogens (tertiary/aromatic N) is 4. The van der Waals surface area contributed by atoms with Crippen LogP contribution in [-0.4, -0.2) is 38.5 Å². The second-order valence-corrected chi connectivity index (χ2v) is 8.68. The number of rotatable bonds is 6. The number of para-hydroxylation sites is 1. The lowest BCUT2D eigenvalue weighted by Gasteiger charge is -2.02. The maximum Gasteiger partial charge on any atom is 0.236 e. The number of amides is 1. The summed E-state index contributed by atoms with van der Waals surface area (Å²) < 4.78 is 13.9. The zero-order valence-electron chi connectivity index (χ0n) is 16.7. The molecule has 31 heavy (non-hydrogen) atoms. The Morgan fingerprint density at radius 2 is 2.10 bits per heavy atom. The van der Waals surface area contributed by atoms with Crippen LogP contribution in [-0.2, 0) is 11.8 Å². The molecule has 0 saturated carbocycles. The van der Waals surface area contributed by atoms with Crippen molar-refractivity contribution in [1.82, 2.24) is 19.7 Å². The second kappa shape index (κ2) is 8.05.